The third-order valence-electron chi connectivity index (χ3n) is 2.11. The zero-order valence-corrected chi connectivity index (χ0v) is 7.13. The Morgan fingerprint density at radius 1 is 1.73 bits per heavy atom. The number of carbonyl (C=O) groups is 1. The summed E-state index contributed by atoms with van der Waals surface area (Å²) in [5.41, 5.74) is -1.09. The van der Waals surface area contributed by atoms with Crippen LogP contribution in [-0.2, 0) is 4.79 Å². The third kappa shape index (κ3) is 1.53. The Balaban J connectivity index is 2.56. The first kappa shape index (κ1) is 8.53. The standard InChI is InChI=1S/C8H15NO2/c1-3-5-9-6-4-8(2,11)7(9)10/h11H,3-6H2,1-2H3/t8-/m0/s1. The second kappa shape index (κ2) is 2.81. The third-order valence-corrected chi connectivity index (χ3v) is 2.11. The number of amides is 1. The van der Waals surface area contributed by atoms with Crippen molar-refractivity contribution in [3.05, 3.63) is 0 Å². The highest BCUT2D eigenvalue weighted by atomic mass is 16.3. The Morgan fingerprint density at radius 3 is 2.73 bits per heavy atom. The summed E-state index contributed by atoms with van der Waals surface area (Å²) in [6, 6.07) is 0. The van der Waals surface area contributed by atoms with Gasteiger partial charge < -0.3 is 10.0 Å². The molecule has 1 aliphatic rings. The van der Waals surface area contributed by atoms with E-state index in [1.54, 1.807) is 11.8 Å². The van der Waals surface area contributed by atoms with Gasteiger partial charge in [0.15, 0.2) is 0 Å². The minimum atomic E-state index is -1.09. The quantitative estimate of drug-likeness (QED) is 0.629. The molecular weight excluding hydrogens is 142 g/mol. The molecule has 0 spiro atoms. The van der Waals surface area contributed by atoms with Gasteiger partial charge in [-0.15, -0.1) is 0 Å². The second-order valence-electron chi connectivity index (χ2n) is 3.32. The van der Waals surface area contributed by atoms with E-state index in [4.69, 9.17) is 0 Å². The molecule has 1 aliphatic heterocycles. The Labute approximate surface area is 67.0 Å². The molecular formula is C8H15NO2. The van der Waals surface area contributed by atoms with Gasteiger partial charge in [-0.25, -0.2) is 0 Å². The highest BCUT2D eigenvalue weighted by Gasteiger charge is 2.40. The summed E-state index contributed by atoms with van der Waals surface area (Å²) in [4.78, 5) is 13.0. The molecule has 1 heterocycles. The Hall–Kier alpha value is -0.570. The zero-order valence-electron chi connectivity index (χ0n) is 7.13. The number of likely N-dealkylation sites (tertiary alicyclic amines) is 1. The lowest BCUT2D eigenvalue weighted by Gasteiger charge is -2.17. The van der Waals surface area contributed by atoms with E-state index in [9.17, 15) is 9.90 Å². The molecule has 1 N–H and O–H groups in total. The van der Waals surface area contributed by atoms with Crippen LogP contribution in [-0.4, -0.2) is 34.6 Å². The second-order valence-corrected chi connectivity index (χ2v) is 3.32. The molecule has 0 bridgehead atoms. The molecule has 0 radical (unpaired) electrons. The van der Waals surface area contributed by atoms with Crippen LogP contribution in [0.2, 0.25) is 0 Å². The van der Waals surface area contributed by atoms with Gasteiger partial charge in [0.2, 0.25) is 0 Å². The molecule has 1 atom stereocenters. The van der Waals surface area contributed by atoms with Crippen molar-refractivity contribution in [2.75, 3.05) is 13.1 Å². The summed E-state index contributed by atoms with van der Waals surface area (Å²) >= 11 is 0. The molecule has 0 aromatic rings. The summed E-state index contributed by atoms with van der Waals surface area (Å²) in [5, 5.41) is 9.47. The van der Waals surface area contributed by atoms with Crippen LogP contribution < -0.4 is 0 Å². The molecule has 0 aromatic heterocycles. The first-order valence-corrected chi connectivity index (χ1v) is 4.09. The Bertz CT molecular complexity index is 165. The van der Waals surface area contributed by atoms with Gasteiger partial charge in [-0.3, -0.25) is 4.79 Å². The fraction of sp³-hybridized carbons (Fsp3) is 0.875. The van der Waals surface area contributed by atoms with Gasteiger partial charge in [-0.2, -0.15) is 0 Å². The highest BCUT2D eigenvalue weighted by Crippen LogP contribution is 2.21. The predicted octanol–water partition coefficient (Wildman–Crippen LogP) is 0.380. The highest BCUT2D eigenvalue weighted by molar-refractivity contribution is 5.86. The van der Waals surface area contributed by atoms with Crippen molar-refractivity contribution in [3.63, 3.8) is 0 Å². The molecule has 3 heteroatoms. The van der Waals surface area contributed by atoms with Crippen LogP contribution in [0.3, 0.4) is 0 Å². The van der Waals surface area contributed by atoms with Crippen LogP contribution in [0.1, 0.15) is 26.7 Å². The largest absolute Gasteiger partial charge is 0.380 e. The van der Waals surface area contributed by atoms with Gasteiger partial charge in [-0.05, 0) is 13.3 Å². The fourth-order valence-corrected chi connectivity index (χ4v) is 1.39. The number of carbonyl (C=O) groups excluding carboxylic acids is 1. The lowest BCUT2D eigenvalue weighted by Crippen LogP contribution is -2.37. The summed E-state index contributed by atoms with van der Waals surface area (Å²) in [7, 11) is 0. The van der Waals surface area contributed by atoms with Crippen molar-refractivity contribution in [2.45, 2.75) is 32.3 Å². The van der Waals surface area contributed by atoms with Gasteiger partial charge in [0, 0.05) is 19.5 Å². The minimum absolute atomic E-state index is 0.112. The van der Waals surface area contributed by atoms with Gasteiger partial charge in [0.1, 0.15) is 5.60 Å². The lowest BCUT2D eigenvalue weighted by molar-refractivity contribution is -0.141. The molecule has 11 heavy (non-hydrogen) atoms. The van der Waals surface area contributed by atoms with Crippen LogP contribution in [0.5, 0.6) is 0 Å². The van der Waals surface area contributed by atoms with Gasteiger partial charge in [0.05, 0.1) is 0 Å². The van der Waals surface area contributed by atoms with Crippen molar-refractivity contribution < 1.29 is 9.90 Å². The van der Waals surface area contributed by atoms with Crippen molar-refractivity contribution >= 4 is 5.91 Å². The van der Waals surface area contributed by atoms with Crippen LogP contribution in [0.25, 0.3) is 0 Å². The van der Waals surface area contributed by atoms with Crippen molar-refractivity contribution in [1.29, 1.82) is 0 Å². The maximum absolute atomic E-state index is 11.3. The van der Waals surface area contributed by atoms with Crippen molar-refractivity contribution in [2.24, 2.45) is 0 Å². The van der Waals surface area contributed by atoms with Gasteiger partial charge in [0.25, 0.3) is 5.91 Å². The molecule has 1 rings (SSSR count). The summed E-state index contributed by atoms with van der Waals surface area (Å²) < 4.78 is 0. The van der Waals surface area contributed by atoms with Crippen LogP contribution >= 0.6 is 0 Å². The van der Waals surface area contributed by atoms with Gasteiger partial charge >= 0.3 is 0 Å². The Morgan fingerprint density at radius 2 is 2.36 bits per heavy atom. The number of hydrogen-bond acceptors (Lipinski definition) is 2. The average Bonchev–Trinajstić information content (AvgIpc) is 2.17. The number of hydrogen-bond donors (Lipinski definition) is 1. The van der Waals surface area contributed by atoms with Crippen molar-refractivity contribution in [1.82, 2.24) is 4.90 Å². The molecule has 0 aliphatic carbocycles. The van der Waals surface area contributed by atoms with Crippen LogP contribution in [0.15, 0.2) is 0 Å². The monoisotopic (exact) mass is 157 g/mol. The van der Waals surface area contributed by atoms with Crippen LogP contribution in [0.4, 0.5) is 0 Å². The molecule has 0 aromatic carbocycles. The number of nitrogens with zero attached hydrogens (tertiary/aromatic N) is 1. The van der Waals surface area contributed by atoms with E-state index >= 15 is 0 Å². The number of rotatable bonds is 2. The minimum Gasteiger partial charge on any atom is -0.380 e. The molecule has 0 saturated carbocycles. The maximum Gasteiger partial charge on any atom is 0.254 e. The summed E-state index contributed by atoms with van der Waals surface area (Å²) in [6.45, 7) is 5.10. The molecule has 64 valence electrons. The SMILES string of the molecule is CCCN1CC[C@](C)(O)C1=O. The molecule has 1 saturated heterocycles. The molecule has 1 fully saturated rings. The first-order valence-electron chi connectivity index (χ1n) is 4.09. The zero-order chi connectivity index (χ0) is 8.48. The molecule has 0 unspecified atom stereocenters. The lowest BCUT2D eigenvalue weighted by atomic mass is 10.1. The number of aliphatic hydroxyl groups is 1. The fourth-order valence-electron chi connectivity index (χ4n) is 1.39. The van der Waals surface area contributed by atoms with E-state index in [2.05, 4.69) is 0 Å². The molecule has 3 nitrogen and oxygen atoms in total. The van der Waals surface area contributed by atoms with E-state index in [1.165, 1.54) is 0 Å². The topological polar surface area (TPSA) is 40.5 Å². The summed E-state index contributed by atoms with van der Waals surface area (Å²) in [5.74, 6) is -0.112. The summed E-state index contributed by atoms with van der Waals surface area (Å²) in [6.07, 6.45) is 1.54. The van der Waals surface area contributed by atoms with E-state index in [0.717, 1.165) is 13.0 Å². The smallest absolute Gasteiger partial charge is 0.254 e. The van der Waals surface area contributed by atoms with Crippen molar-refractivity contribution in [3.8, 4) is 0 Å². The van der Waals surface area contributed by atoms with E-state index in [0.29, 0.717) is 13.0 Å². The van der Waals surface area contributed by atoms with E-state index in [-0.39, 0.29) is 5.91 Å². The van der Waals surface area contributed by atoms with E-state index < -0.39 is 5.60 Å². The average molecular weight is 157 g/mol. The van der Waals surface area contributed by atoms with Gasteiger partial charge in [-0.1, -0.05) is 6.92 Å². The van der Waals surface area contributed by atoms with Crippen LogP contribution in [0, 0.1) is 0 Å². The first-order chi connectivity index (χ1) is 5.08. The normalized spacial score (nSPS) is 31.5. The maximum atomic E-state index is 11.3. The predicted molar refractivity (Wildman–Crippen MR) is 42.1 cm³/mol. The molecule has 1 amide bonds. The Kier molecular flexibility index (Phi) is 2.18. The van der Waals surface area contributed by atoms with E-state index in [1.807, 2.05) is 6.92 Å².